The quantitative estimate of drug-likeness (QED) is 0.821. The van der Waals surface area contributed by atoms with E-state index in [0.717, 1.165) is 24.0 Å². The van der Waals surface area contributed by atoms with E-state index >= 15 is 0 Å². The van der Waals surface area contributed by atoms with Crippen molar-refractivity contribution in [3.63, 3.8) is 0 Å². The van der Waals surface area contributed by atoms with Crippen LogP contribution in [-0.2, 0) is 16.6 Å². The van der Waals surface area contributed by atoms with E-state index in [2.05, 4.69) is 6.07 Å². The van der Waals surface area contributed by atoms with Gasteiger partial charge in [-0.05, 0) is 42.7 Å². The van der Waals surface area contributed by atoms with Gasteiger partial charge in [-0.2, -0.15) is 5.26 Å². The van der Waals surface area contributed by atoms with Crippen LogP contribution in [0.4, 0.5) is 0 Å². The van der Waals surface area contributed by atoms with E-state index in [4.69, 9.17) is 5.26 Å². The Hall–Kier alpha value is -1.82. The van der Waals surface area contributed by atoms with Crippen molar-refractivity contribution in [2.24, 2.45) is 11.8 Å². The molecular formula is C15H15NO2. The van der Waals surface area contributed by atoms with Crippen LogP contribution < -0.4 is 0 Å². The minimum atomic E-state index is -0.732. The summed E-state index contributed by atoms with van der Waals surface area (Å²) in [6, 6.07) is 10.2. The molecule has 0 bridgehead atoms. The van der Waals surface area contributed by atoms with Crippen LogP contribution in [0.2, 0.25) is 0 Å². The maximum atomic E-state index is 11.8. The van der Waals surface area contributed by atoms with Crippen molar-refractivity contribution < 1.29 is 9.90 Å². The van der Waals surface area contributed by atoms with Gasteiger partial charge in [-0.15, -0.1) is 0 Å². The number of nitriles is 1. The fourth-order valence-corrected chi connectivity index (χ4v) is 3.79. The first-order valence-electron chi connectivity index (χ1n) is 6.40. The molecule has 92 valence electrons. The number of carboxylic acids is 1. The molecule has 0 saturated heterocycles. The molecule has 1 aromatic carbocycles. The van der Waals surface area contributed by atoms with Gasteiger partial charge in [-0.1, -0.05) is 24.3 Å². The lowest BCUT2D eigenvalue weighted by Gasteiger charge is -2.38. The first-order chi connectivity index (χ1) is 8.68. The van der Waals surface area contributed by atoms with Crippen molar-refractivity contribution in [2.75, 3.05) is 0 Å². The van der Waals surface area contributed by atoms with Crippen LogP contribution in [-0.4, -0.2) is 11.1 Å². The Morgan fingerprint density at radius 3 is 2.94 bits per heavy atom. The van der Waals surface area contributed by atoms with E-state index in [0.29, 0.717) is 12.8 Å². The molecule has 0 aliphatic heterocycles. The summed E-state index contributed by atoms with van der Waals surface area (Å²) in [5, 5.41) is 18.8. The van der Waals surface area contributed by atoms with E-state index in [1.165, 1.54) is 0 Å². The van der Waals surface area contributed by atoms with E-state index in [9.17, 15) is 9.90 Å². The number of rotatable bonds is 1. The van der Waals surface area contributed by atoms with Crippen LogP contribution >= 0.6 is 0 Å². The molecule has 0 aromatic heterocycles. The van der Waals surface area contributed by atoms with Gasteiger partial charge in [0.05, 0.1) is 11.5 Å². The third-order valence-corrected chi connectivity index (χ3v) is 4.68. The molecule has 3 atom stereocenters. The number of fused-ring (bicyclic) bond motifs is 3. The summed E-state index contributed by atoms with van der Waals surface area (Å²) >= 11 is 0. The summed E-state index contributed by atoms with van der Waals surface area (Å²) in [5.41, 5.74) is 1.41. The van der Waals surface area contributed by atoms with Crippen molar-refractivity contribution >= 4 is 5.97 Å². The third kappa shape index (κ3) is 1.32. The molecule has 3 heteroatoms. The summed E-state index contributed by atoms with van der Waals surface area (Å²) in [6.45, 7) is 0. The summed E-state index contributed by atoms with van der Waals surface area (Å²) in [7, 11) is 0. The first kappa shape index (κ1) is 11.3. The van der Waals surface area contributed by atoms with E-state index in [1.54, 1.807) is 0 Å². The van der Waals surface area contributed by atoms with Crippen molar-refractivity contribution in [3.05, 3.63) is 35.4 Å². The zero-order valence-corrected chi connectivity index (χ0v) is 10.1. The van der Waals surface area contributed by atoms with Crippen LogP contribution in [0.15, 0.2) is 24.3 Å². The molecular weight excluding hydrogens is 226 g/mol. The molecule has 2 aliphatic carbocycles. The number of nitrogens with zero attached hydrogens (tertiary/aromatic N) is 1. The van der Waals surface area contributed by atoms with Gasteiger partial charge in [0.25, 0.3) is 0 Å². The second-order valence-electron chi connectivity index (χ2n) is 5.44. The molecule has 1 N–H and O–H groups in total. The molecule has 1 saturated carbocycles. The first-order valence-corrected chi connectivity index (χ1v) is 6.40. The largest absolute Gasteiger partial charge is 0.481 e. The number of carboxylic acid groups (broad SMARTS) is 1. The van der Waals surface area contributed by atoms with Crippen LogP contribution in [0.5, 0.6) is 0 Å². The Morgan fingerprint density at radius 2 is 2.22 bits per heavy atom. The van der Waals surface area contributed by atoms with Gasteiger partial charge in [-0.3, -0.25) is 4.79 Å². The van der Waals surface area contributed by atoms with E-state index < -0.39 is 11.4 Å². The highest BCUT2D eigenvalue weighted by atomic mass is 16.4. The number of hydrogen-bond acceptors (Lipinski definition) is 2. The second-order valence-corrected chi connectivity index (χ2v) is 5.44. The smallest absolute Gasteiger partial charge is 0.314 e. The van der Waals surface area contributed by atoms with Gasteiger partial charge in [0.1, 0.15) is 0 Å². The Kier molecular flexibility index (Phi) is 2.41. The minimum absolute atomic E-state index is 0.0248. The van der Waals surface area contributed by atoms with Gasteiger partial charge < -0.3 is 5.11 Å². The van der Waals surface area contributed by atoms with Gasteiger partial charge in [0.2, 0.25) is 0 Å². The maximum Gasteiger partial charge on any atom is 0.314 e. The molecule has 0 radical (unpaired) electrons. The topological polar surface area (TPSA) is 61.1 Å². The van der Waals surface area contributed by atoms with Crippen molar-refractivity contribution in [1.29, 1.82) is 5.26 Å². The fraction of sp³-hybridized carbons (Fsp3) is 0.467. The molecule has 3 rings (SSSR count). The lowest BCUT2D eigenvalue weighted by atomic mass is 9.63. The highest BCUT2D eigenvalue weighted by Gasteiger charge is 2.54. The molecule has 0 spiro atoms. The average molecular weight is 241 g/mol. The number of carbonyl (C=O) groups is 1. The Bertz CT molecular complexity index is 546. The molecule has 1 fully saturated rings. The molecule has 18 heavy (non-hydrogen) atoms. The van der Waals surface area contributed by atoms with Crippen LogP contribution in [0.25, 0.3) is 0 Å². The summed E-state index contributed by atoms with van der Waals surface area (Å²) in [4.78, 5) is 11.8. The Balaban J connectivity index is 2.09. The maximum absolute atomic E-state index is 11.8. The zero-order valence-electron chi connectivity index (χ0n) is 10.1. The second kappa shape index (κ2) is 3.84. The molecule has 2 aliphatic rings. The Labute approximate surface area is 106 Å². The van der Waals surface area contributed by atoms with Gasteiger partial charge in [-0.25, -0.2) is 0 Å². The fourth-order valence-electron chi connectivity index (χ4n) is 3.79. The highest BCUT2D eigenvalue weighted by Crippen LogP contribution is 2.52. The van der Waals surface area contributed by atoms with Crippen LogP contribution in [0.3, 0.4) is 0 Å². The van der Waals surface area contributed by atoms with Gasteiger partial charge >= 0.3 is 5.97 Å². The number of benzene rings is 1. The molecule has 0 unspecified atom stereocenters. The van der Waals surface area contributed by atoms with Crippen LogP contribution in [0.1, 0.15) is 30.4 Å². The lowest BCUT2D eigenvalue weighted by molar-refractivity contribution is -0.147. The van der Waals surface area contributed by atoms with Gasteiger partial charge in [0, 0.05) is 5.92 Å². The number of hydrogen-bond donors (Lipinski definition) is 1. The predicted octanol–water partition coefficient (Wildman–Crippen LogP) is 2.50. The third-order valence-electron chi connectivity index (χ3n) is 4.68. The van der Waals surface area contributed by atoms with Crippen molar-refractivity contribution in [2.45, 2.75) is 31.1 Å². The van der Waals surface area contributed by atoms with Crippen molar-refractivity contribution in [3.8, 4) is 6.07 Å². The Morgan fingerprint density at radius 1 is 1.44 bits per heavy atom. The molecule has 0 heterocycles. The molecule has 3 nitrogen and oxygen atoms in total. The normalized spacial score (nSPS) is 33.3. The monoisotopic (exact) mass is 241 g/mol. The number of aliphatic carboxylic acids is 1. The summed E-state index contributed by atoms with van der Waals surface area (Å²) < 4.78 is 0. The van der Waals surface area contributed by atoms with E-state index in [-0.39, 0.29) is 11.8 Å². The summed E-state index contributed by atoms with van der Waals surface area (Å²) in [6.07, 6.45) is 2.83. The highest BCUT2D eigenvalue weighted by molar-refractivity contribution is 5.84. The van der Waals surface area contributed by atoms with Crippen LogP contribution in [0, 0.1) is 23.2 Å². The average Bonchev–Trinajstić information content (AvgIpc) is 2.72. The molecule has 1 aromatic rings. The lowest BCUT2D eigenvalue weighted by Crippen LogP contribution is -2.44. The summed E-state index contributed by atoms with van der Waals surface area (Å²) in [5.74, 6) is -0.601. The standard InChI is InChI=1S/C15H15NO2/c16-9-10-5-6-15(14(17)18)12(7-10)8-11-3-1-2-4-13(11)15/h1-4,10,12H,5-8H2,(H,17,18)/t10-,12-,15+/m0/s1. The molecule has 0 amide bonds. The van der Waals surface area contributed by atoms with Gasteiger partial charge in [0.15, 0.2) is 0 Å². The van der Waals surface area contributed by atoms with Crippen molar-refractivity contribution in [1.82, 2.24) is 0 Å². The SMILES string of the molecule is N#C[C@H]1CC[C@]2(C(=O)O)c3ccccc3C[C@@H]2C1. The minimum Gasteiger partial charge on any atom is -0.481 e. The predicted molar refractivity (Wildman–Crippen MR) is 65.9 cm³/mol. The zero-order chi connectivity index (χ0) is 12.8. The van der Waals surface area contributed by atoms with E-state index in [1.807, 2.05) is 24.3 Å².